The van der Waals surface area contributed by atoms with Gasteiger partial charge in [0, 0.05) is 11.1 Å². The van der Waals surface area contributed by atoms with Crippen LogP contribution in [0.15, 0.2) is 24.3 Å². The minimum absolute atomic E-state index is 0.0136. The van der Waals surface area contributed by atoms with Crippen molar-refractivity contribution in [1.29, 1.82) is 0 Å². The Morgan fingerprint density at radius 2 is 2.29 bits per heavy atom. The fourth-order valence-corrected chi connectivity index (χ4v) is 2.61. The zero-order valence-electron chi connectivity index (χ0n) is 9.53. The van der Waals surface area contributed by atoms with Gasteiger partial charge in [-0.25, -0.2) is 0 Å². The molecule has 0 radical (unpaired) electrons. The molecule has 1 fully saturated rings. The Morgan fingerprint density at radius 3 is 2.88 bits per heavy atom. The Balaban J connectivity index is 2.25. The molecule has 1 aromatic rings. The number of benzene rings is 1. The summed E-state index contributed by atoms with van der Waals surface area (Å²) in [7, 11) is 0. The third kappa shape index (κ3) is 2.99. The maximum absolute atomic E-state index is 11.4. The molecule has 2 unspecified atom stereocenters. The van der Waals surface area contributed by atoms with E-state index in [1.807, 2.05) is 6.07 Å². The lowest BCUT2D eigenvalue weighted by Crippen LogP contribution is -2.41. The van der Waals surface area contributed by atoms with Gasteiger partial charge in [0.2, 0.25) is 0 Å². The fourth-order valence-electron chi connectivity index (χ4n) is 2.41. The first-order valence-electron chi connectivity index (χ1n) is 5.90. The highest BCUT2D eigenvalue weighted by atomic mass is 35.5. The summed E-state index contributed by atoms with van der Waals surface area (Å²) in [6.07, 6.45) is 3.11. The summed E-state index contributed by atoms with van der Waals surface area (Å²) in [5.41, 5.74) is 0.782. The van der Waals surface area contributed by atoms with Crippen molar-refractivity contribution in [1.82, 2.24) is 5.32 Å². The molecule has 92 valence electrons. The van der Waals surface area contributed by atoms with E-state index < -0.39 is 11.9 Å². The predicted octanol–water partition coefficient (Wildman–Crippen LogP) is 2.65. The molecule has 1 aromatic carbocycles. The van der Waals surface area contributed by atoms with Crippen molar-refractivity contribution >= 4 is 17.6 Å². The molecule has 3 nitrogen and oxygen atoms in total. The number of carbonyl (C=O) groups is 1. The maximum atomic E-state index is 11.4. The average Bonchev–Trinajstić information content (AvgIpc) is 2.30. The van der Waals surface area contributed by atoms with Crippen LogP contribution in [0.4, 0.5) is 0 Å². The second-order valence-corrected chi connectivity index (χ2v) is 4.86. The number of aliphatic carboxylic acids is 1. The molecular weight excluding hydrogens is 238 g/mol. The summed E-state index contributed by atoms with van der Waals surface area (Å²) < 4.78 is 0. The molecule has 0 spiro atoms. The van der Waals surface area contributed by atoms with E-state index in [1.165, 1.54) is 0 Å². The van der Waals surface area contributed by atoms with Gasteiger partial charge in [-0.1, -0.05) is 30.2 Å². The second kappa shape index (κ2) is 5.52. The van der Waals surface area contributed by atoms with Gasteiger partial charge < -0.3 is 10.4 Å². The van der Waals surface area contributed by atoms with Crippen molar-refractivity contribution < 1.29 is 9.90 Å². The molecule has 2 rings (SSSR count). The zero-order valence-corrected chi connectivity index (χ0v) is 10.3. The molecule has 0 amide bonds. The Kier molecular flexibility index (Phi) is 4.02. The summed E-state index contributed by atoms with van der Waals surface area (Å²) in [6.45, 7) is 0.898. The van der Waals surface area contributed by atoms with E-state index in [0.717, 1.165) is 31.4 Å². The van der Waals surface area contributed by atoms with Crippen LogP contribution in [0.5, 0.6) is 0 Å². The molecule has 0 aromatic heterocycles. The summed E-state index contributed by atoms with van der Waals surface area (Å²) in [4.78, 5) is 11.4. The van der Waals surface area contributed by atoms with Gasteiger partial charge in [-0.15, -0.1) is 0 Å². The third-order valence-corrected chi connectivity index (χ3v) is 3.46. The molecule has 0 bridgehead atoms. The molecule has 1 heterocycles. The standard InChI is InChI=1S/C13H16ClNO2/c14-10-5-3-4-9(8-10)12(13(16)17)11-6-1-2-7-15-11/h3-5,8,11-12,15H,1-2,6-7H2,(H,16,17). The molecule has 4 heteroatoms. The second-order valence-electron chi connectivity index (χ2n) is 4.43. The van der Waals surface area contributed by atoms with Gasteiger partial charge >= 0.3 is 5.97 Å². The number of rotatable bonds is 3. The number of carboxylic acids is 1. The first kappa shape index (κ1) is 12.4. The highest BCUT2D eigenvalue weighted by molar-refractivity contribution is 6.30. The zero-order chi connectivity index (χ0) is 12.3. The van der Waals surface area contributed by atoms with Gasteiger partial charge in [0.15, 0.2) is 0 Å². The van der Waals surface area contributed by atoms with Crippen LogP contribution in [-0.4, -0.2) is 23.7 Å². The van der Waals surface area contributed by atoms with E-state index in [1.54, 1.807) is 18.2 Å². The number of carboxylic acid groups (broad SMARTS) is 1. The van der Waals surface area contributed by atoms with Crippen LogP contribution >= 0.6 is 11.6 Å². The van der Waals surface area contributed by atoms with E-state index in [4.69, 9.17) is 11.6 Å². The van der Waals surface area contributed by atoms with E-state index in [0.29, 0.717) is 5.02 Å². The Hall–Kier alpha value is -1.06. The molecule has 1 saturated heterocycles. The molecule has 1 aliphatic rings. The molecule has 0 saturated carbocycles. The van der Waals surface area contributed by atoms with E-state index in [-0.39, 0.29) is 6.04 Å². The molecule has 1 aliphatic heterocycles. The normalized spacial score (nSPS) is 22.1. The summed E-state index contributed by atoms with van der Waals surface area (Å²) in [5.74, 6) is -1.29. The van der Waals surface area contributed by atoms with Crippen molar-refractivity contribution in [2.45, 2.75) is 31.2 Å². The summed E-state index contributed by atoms with van der Waals surface area (Å²) in [5, 5.41) is 13.3. The van der Waals surface area contributed by atoms with Crippen molar-refractivity contribution in [2.24, 2.45) is 0 Å². The van der Waals surface area contributed by atoms with Gasteiger partial charge in [-0.05, 0) is 37.1 Å². The van der Waals surface area contributed by atoms with Crippen molar-refractivity contribution in [2.75, 3.05) is 6.54 Å². The average molecular weight is 254 g/mol. The summed E-state index contributed by atoms with van der Waals surface area (Å²) >= 11 is 5.92. The van der Waals surface area contributed by atoms with E-state index in [9.17, 15) is 9.90 Å². The van der Waals surface area contributed by atoms with Gasteiger partial charge in [0.05, 0.1) is 5.92 Å². The SMILES string of the molecule is O=C(O)C(c1cccc(Cl)c1)C1CCCCN1. The van der Waals surface area contributed by atoms with Crippen molar-refractivity contribution in [3.05, 3.63) is 34.9 Å². The van der Waals surface area contributed by atoms with Crippen LogP contribution in [0.1, 0.15) is 30.7 Å². The lowest BCUT2D eigenvalue weighted by atomic mass is 9.86. The minimum atomic E-state index is -0.785. The molecular formula is C13H16ClNO2. The van der Waals surface area contributed by atoms with Crippen LogP contribution in [0, 0.1) is 0 Å². The quantitative estimate of drug-likeness (QED) is 0.871. The minimum Gasteiger partial charge on any atom is -0.481 e. The number of piperidine rings is 1. The smallest absolute Gasteiger partial charge is 0.312 e. The molecule has 0 aliphatic carbocycles. The van der Waals surface area contributed by atoms with Gasteiger partial charge in [-0.2, -0.15) is 0 Å². The predicted molar refractivity (Wildman–Crippen MR) is 67.5 cm³/mol. The monoisotopic (exact) mass is 253 g/mol. The van der Waals surface area contributed by atoms with E-state index >= 15 is 0 Å². The first-order chi connectivity index (χ1) is 8.18. The lowest BCUT2D eigenvalue weighted by molar-refractivity contribution is -0.139. The summed E-state index contributed by atoms with van der Waals surface area (Å²) in [6, 6.07) is 7.16. The topological polar surface area (TPSA) is 49.3 Å². The number of nitrogens with one attached hydrogen (secondary N) is 1. The van der Waals surface area contributed by atoms with Crippen molar-refractivity contribution in [3.63, 3.8) is 0 Å². The highest BCUT2D eigenvalue weighted by Crippen LogP contribution is 2.27. The van der Waals surface area contributed by atoms with Crippen LogP contribution in [-0.2, 0) is 4.79 Å². The fraction of sp³-hybridized carbons (Fsp3) is 0.462. The maximum Gasteiger partial charge on any atom is 0.312 e. The van der Waals surface area contributed by atoms with Crippen molar-refractivity contribution in [3.8, 4) is 0 Å². The van der Waals surface area contributed by atoms with E-state index in [2.05, 4.69) is 5.32 Å². The Morgan fingerprint density at radius 1 is 1.47 bits per heavy atom. The molecule has 2 atom stereocenters. The number of halogens is 1. The Labute approximate surface area is 106 Å². The highest BCUT2D eigenvalue weighted by Gasteiger charge is 2.30. The third-order valence-electron chi connectivity index (χ3n) is 3.22. The number of hydrogen-bond acceptors (Lipinski definition) is 2. The molecule has 17 heavy (non-hydrogen) atoms. The Bertz CT molecular complexity index is 402. The van der Waals surface area contributed by atoms with Crippen LogP contribution in [0.25, 0.3) is 0 Å². The molecule has 2 N–H and O–H groups in total. The van der Waals surface area contributed by atoms with Crippen LogP contribution in [0.2, 0.25) is 5.02 Å². The lowest BCUT2D eigenvalue weighted by Gasteiger charge is -2.29. The van der Waals surface area contributed by atoms with Gasteiger partial charge in [0.1, 0.15) is 0 Å². The first-order valence-corrected chi connectivity index (χ1v) is 6.28. The van der Waals surface area contributed by atoms with Gasteiger partial charge in [0.25, 0.3) is 0 Å². The number of hydrogen-bond donors (Lipinski definition) is 2. The largest absolute Gasteiger partial charge is 0.481 e. The van der Waals surface area contributed by atoms with Crippen LogP contribution < -0.4 is 5.32 Å². The van der Waals surface area contributed by atoms with Gasteiger partial charge in [-0.3, -0.25) is 4.79 Å². The van der Waals surface area contributed by atoms with Crippen LogP contribution in [0.3, 0.4) is 0 Å².